The average Bonchev–Trinajstić information content (AvgIpc) is 3.20. The molecule has 4 rings (SSSR count). The van der Waals surface area contributed by atoms with Gasteiger partial charge in [-0.3, -0.25) is 0 Å². The molecular weight excluding hydrogens is 492 g/mol. The van der Waals surface area contributed by atoms with Gasteiger partial charge in [-0.2, -0.15) is 4.31 Å². The van der Waals surface area contributed by atoms with E-state index in [0.717, 1.165) is 28.5 Å². The lowest BCUT2D eigenvalue weighted by Crippen LogP contribution is -2.48. The molecule has 2 heterocycles. The molecule has 0 saturated carbocycles. The van der Waals surface area contributed by atoms with Gasteiger partial charge in [0.2, 0.25) is 10.0 Å². The number of halogens is 4. The van der Waals surface area contributed by atoms with Crippen molar-refractivity contribution in [3.63, 3.8) is 0 Å². The molecule has 0 unspecified atom stereocenters. The highest BCUT2D eigenvalue weighted by Gasteiger charge is 2.30. The van der Waals surface area contributed by atoms with Crippen LogP contribution in [-0.4, -0.2) is 43.9 Å². The van der Waals surface area contributed by atoms with Crippen LogP contribution >= 0.6 is 46.1 Å². The van der Waals surface area contributed by atoms with E-state index in [1.54, 1.807) is 12.1 Å². The van der Waals surface area contributed by atoms with E-state index in [0.29, 0.717) is 23.1 Å². The van der Waals surface area contributed by atoms with Gasteiger partial charge >= 0.3 is 0 Å². The number of hydrogen-bond acceptors (Lipinski definition) is 5. The Hall–Kier alpha value is -1.42. The summed E-state index contributed by atoms with van der Waals surface area (Å²) < 4.78 is 40.4. The lowest BCUT2D eigenvalue weighted by Gasteiger charge is -2.33. The molecule has 1 aliphatic heterocycles. The summed E-state index contributed by atoms with van der Waals surface area (Å²) in [6.07, 6.45) is 0. The highest BCUT2D eigenvalue weighted by molar-refractivity contribution is 7.89. The van der Waals surface area contributed by atoms with E-state index in [1.807, 2.05) is 16.3 Å². The summed E-state index contributed by atoms with van der Waals surface area (Å²) in [7, 11) is -3.75. The molecular formula is C19H15Cl3FN3O2S2. The van der Waals surface area contributed by atoms with Crippen molar-refractivity contribution in [2.75, 3.05) is 31.1 Å². The minimum absolute atomic E-state index is 0.0173. The maximum atomic E-state index is 13.4. The van der Waals surface area contributed by atoms with Crippen LogP contribution in [0.15, 0.2) is 46.7 Å². The number of sulfonamides is 1. The zero-order chi connectivity index (χ0) is 21.5. The molecule has 30 heavy (non-hydrogen) atoms. The van der Waals surface area contributed by atoms with Gasteiger partial charge in [0, 0.05) is 42.1 Å². The molecule has 0 aliphatic carbocycles. The van der Waals surface area contributed by atoms with Crippen LogP contribution in [-0.2, 0) is 10.0 Å². The zero-order valence-electron chi connectivity index (χ0n) is 15.4. The summed E-state index contributed by atoms with van der Waals surface area (Å²) in [6, 6.07) is 8.68. The molecule has 0 radical (unpaired) electrons. The van der Waals surface area contributed by atoms with E-state index in [1.165, 1.54) is 21.7 Å². The van der Waals surface area contributed by atoms with Crippen molar-refractivity contribution in [2.24, 2.45) is 0 Å². The molecule has 0 N–H and O–H groups in total. The Bertz CT molecular complexity index is 1200. The van der Waals surface area contributed by atoms with Crippen molar-refractivity contribution in [1.29, 1.82) is 0 Å². The van der Waals surface area contributed by atoms with Gasteiger partial charge in [0.05, 0.1) is 20.6 Å². The normalized spacial score (nSPS) is 15.5. The van der Waals surface area contributed by atoms with E-state index >= 15 is 0 Å². The number of nitrogens with zero attached hydrogens (tertiary/aromatic N) is 3. The predicted octanol–water partition coefficient (Wildman–Crippen LogP) is 5.42. The summed E-state index contributed by atoms with van der Waals surface area (Å²) in [5, 5.41) is 3.56. The quantitative estimate of drug-likeness (QED) is 0.474. The maximum Gasteiger partial charge on any atom is 0.243 e. The first-order chi connectivity index (χ1) is 14.3. The number of rotatable bonds is 4. The third-order valence-corrected chi connectivity index (χ3v) is 8.37. The Balaban J connectivity index is 1.47. The highest BCUT2D eigenvalue weighted by atomic mass is 35.5. The predicted molar refractivity (Wildman–Crippen MR) is 120 cm³/mol. The lowest BCUT2D eigenvalue weighted by atomic mass is 10.2. The van der Waals surface area contributed by atoms with Gasteiger partial charge in [-0.15, -0.1) is 11.3 Å². The second-order valence-corrected chi connectivity index (χ2v) is 10.6. The molecule has 1 fully saturated rings. The third-order valence-electron chi connectivity index (χ3n) is 4.74. The van der Waals surface area contributed by atoms with Crippen LogP contribution in [0, 0.1) is 5.82 Å². The second kappa shape index (κ2) is 8.61. The molecule has 1 aromatic heterocycles. The van der Waals surface area contributed by atoms with Crippen molar-refractivity contribution in [2.45, 2.75) is 4.90 Å². The number of aromatic nitrogens is 1. The molecule has 5 nitrogen and oxygen atoms in total. The lowest BCUT2D eigenvalue weighted by molar-refractivity contribution is 0.384. The second-order valence-electron chi connectivity index (χ2n) is 6.61. The van der Waals surface area contributed by atoms with Gasteiger partial charge in [0.15, 0.2) is 5.13 Å². The molecule has 1 aliphatic rings. The van der Waals surface area contributed by atoms with Crippen LogP contribution in [0.3, 0.4) is 0 Å². The van der Waals surface area contributed by atoms with Gasteiger partial charge in [0.1, 0.15) is 5.82 Å². The number of thiazole rings is 1. The van der Waals surface area contributed by atoms with Crippen LogP contribution in [0.25, 0.3) is 11.3 Å². The van der Waals surface area contributed by atoms with Gasteiger partial charge in [-0.05, 0) is 36.4 Å². The Labute approximate surface area is 192 Å². The van der Waals surface area contributed by atoms with E-state index in [4.69, 9.17) is 34.8 Å². The maximum absolute atomic E-state index is 13.4. The Kier molecular flexibility index (Phi) is 6.25. The van der Waals surface area contributed by atoms with Gasteiger partial charge in [-0.25, -0.2) is 17.8 Å². The van der Waals surface area contributed by atoms with E-state index in [2.05, 4.69) is 4.98 Å². The Morgan fingerprint density at radius 3 is 2.37 bits per heavy atom. The topological polar surface area (TPSA) is 53.5 Å². The van der Waals surface area contributed by atoms with E-state index < -0.39 is 15.8 Å². The van der Waals surface area contributed by atoms with Crippen LogP contribution in [0.2, 0.25) is 15.1 Å². The molecule has 158 valence electrons. The minimum atomic E-state index is -3.75. The first-order valence-electron chi connectivity index (χ1n) is 8.87. The van der Waals surface area contributed by atoms with Crippen molar-refractivity contribution in [3.05, 3.63) is 62.7 Å². The monoisotopic (exact) mass is 505 g/mol. The summed E-state index contributed by atoms with van der Waals surface area (Å²) in [6.45, 7) is 1.53. The van der Waals surface area contributed by atoms with Gasteiger partial charge < -0.3 is 4.90 Å². The number of hydrogen-bond donors (Lipinski definition) is 0. The summed E-state index contributed by atoms with van der Waals surface area (Å²) in [5.41, 5.74) is 1.53. The Morgan fingerprint density at radius 1 is 0.967 bits per heavy atom. The summed E-state index contributed by atoms with van der Waals surface area (Å²) in [5.74, 6) is -0.652. The summed E-state index contributed by atoms with van der Waals surface area (Å²) in [4.78, 5) is 6.66. The number of benzene rings is 2. The molecule has 0 atom stereocenters. The molecule has 2 aromatic carbocycles. The number of piperazine rings is 1. The number of anilines is 1. The summed E-state index contributed by atoms with van der Waals surface area (Å²) >= 11 is 19.4. The third kappa shape index (κ3) is 4.30. The van der Waals surface area contributed by atoms with Crippen molar-refractivity contribution >= 4 is 61.3 Å². The fourth-order valence-electron chi connectivity index (χ4n) is 3.14. The van der Waals surface area contributed by atoms with Crippen LogP contribution in [0.4, 0.5) is 9.52 Å². The van der Waals surface area contributed by atoms with Crippen molar-refractivity contribution in [1.82, 2.24) is 9.29 Å². The van der Waals surface area contributed by atoms with Crippen LogP contribution in [0.5, 0.6) is 0 Å². The molecule has 11 heteroatoms. The highest BCUT2D eigenvalue weighted by Crippen LogP contribution is 2.34. The van der Waals surface area contributed by atoms with E-state index in [9.17, 15) is 12.8 Å². The standard InChI is InChI=1S/C19H15Cl3FN3O2S2/c20-12-1-3-14(15(21)9-12)18-11-29-19(24-18)25-5-7-26(8-6-25)30(27,28)13-2-4-17(23)16(22)10-13/h1-4,9-11H,5-8H2. The molecule has 3 aromatic rings. The van der Waals surface area contributed by atoms with E-state index in [-0.39, 0.29) is 23.0 Å². The molecule has 0 amide bonds. The first kappa shape index (κ1) is 21.8. The molecule has 0 spiro atoms. The fourth-order valence-corrected chi connectivity index (χ4v) is 6.22. The SMILES string of the molecule is O=S(=O)(c1ccc(F)c(Cl)c1)N1CCN(c2nc(-c3ccc(Cl)cc3Cl)cs2)CC1. The van der Waals surface area contributed by atoms with Crippen molar-refractivity contribution in [3.8, 4) is 11.3 Å². The van der Waals surface area contributed by atoms with Gasteiger partial charge in [0.25, 0.3) is 0 Å². The molecule has 1 saturated heterocycles. The van der Waals surface area contributed by atoms with Gasteiger partial charge in [-0.1, -0.05) is 34.8 Å². The fraction of sp³-hybridized carbons (Fsp3) is 0.211. The smallest absolute Gasteiger partial charge is 0.243 e. The molecule has 0 bridgehead atoms. The minimum Gasteiger partial charge on any atom is -0.345 e. The Morgan fingerprint density at radius 2 is 1.70 bits per heavy atom. The average molecular weight is 507 g/mol. The van der Waals surface area contributed by atoms with Crippen molar-refractivity contribution < 1.29 is 12.8 Å². The first-order valence-corrected chi connectivity index (χ1v) is 12.3. The van der Waals surface area contributed by atoms with Crippen LogP contribution < -0.4 is 4.90 Å². The van der Waals surface area contributed by atoms with Crippen LogP contribution in [0.1, 0.15) is 0 Å². The largest absolute Gasteiger partial charge is 0.345 e. The zero-order valence-corrected chi connectivity index (χ0v) is 19.3.